The second-order valence-corrected chi connectivity index (χ2v) is 21.5. The number of ether oxygens (including phenoxy) is 2. The number of unbranched alkanes of at least 4 members (excludes halogenated alkanes) is 39. The van der Waals surface area contributed by atoms with Crippen LogP contribution in [0.3, 0.4) is 0 Å². The fraction of sp³-hybridized carbons (Fsp3) is 0.887. The van der Waals surface area contributed by atoms with Crippen molar-refractivity contribution in [3.05, 3.63) is 36.5 Å². The average Bonchev–Trinajstić information content (AvgIpc) is 3.37. The molecule has 71 heavy (non-hydrogen) atoms. The van der Waals surface area contributed by atoms with Crippen molar-refractivity contribution >= 4 is 5.91 Å². The van der Waals surface area contributed by atoms with Crippen LogP contribution in [0.4, 0.5) is 0 Å². The third-order valence-electron chi connectivity index (χ3n) is 14.7. The number of rotatable bonds is 53. The quantitative estimate of drug-likeness (QED) is 0.0261. The zero-order valence-corrected chi connectivity index (χ0v) is 46.5. The fourth-order valence-corrected chi connectivity index (χ4v) is 9.82. The molecule has 7 atom stereocenters. The highest BCUT2D eigenvalue weighted by molar-refractivity contribution is 5.76. The average molecular weight is 1000 g/mol. The highest BCUT2D eigenvalue weighted by Crippen LogP contribution is 2.23. The van der Waals surface area contributed by atoms with Crippen LogP contribution in [0.25, 0.3) is 0 Å². The Kier molecular flexibility index (Phi) is 49.3. The van der Waals surface area contributed by atoms with Gasteiger partial charge < -0.3 is 40.3 Å². The maximum absolute atomic E-state index is 13.1. The Balaban J connectivity index is 2.22. The lowest BCUT2D eigenvalue weighted by atomic mass is 9.99. The van der Waals surface area contributed by atoms with Crippen LogP contribution in [0.2, 0.25) is 0 Å². The van der Waals surface area contributed by atoms with Crippen LogP contribution in [-0.4, -0.2) is 87.5 Å². The van der Waals surface area contributed by atoms with Gasteiger partial charge in [0.15, 0.2) is 6.29 Å². The van der Waals surface area contributed by atoms with Crippen LogP contribution in [0, 0.1) is 0 Å². The zero-order chi connectivity index (χ0) is 51.5. The molecule has 1 saturated heterocycles. The molecule has 418 valence electrons. The van der Waals surface area contributed by atoms with Crippen LogP contribution in [0.5, 0.6) is 0 Å². The highest BCUT2D eigenvalue weighted by Gasteiger charge is 2.44. The van der Waals surface area contributed by atoms with Crippen LogP contribution >= 0.6 is 0 Å². The molecular weight excluding hydrogens is 887 g/mol. The van der Waals surface area contributed by atoms with Gasteiger partial charge in [0.05, 0.1) is 25.4 Å². The summed E-state index contributed by atoms with van der Waals surface area (Å²) >= 11 is 0. The molecule has 1 aliphatic heterocycles. The standard InChI is InChI=1S/C62H117NO8/c1-3-5-7-9-11-13-15-17-19-21-23-25-27-28-29-30-32-34-36-38-40-42-44-46-48-50-52-58(66)63-55(54-70-62-61(69)60(68)59(67)57(53-64)71-62)56(65)51-49-47-45-43-41-39-37-35-33-31-26-24-22-20-18-16-14-12-10-8-6-4-2/h28-29,41,43,49,51,55-57,59-62,64-65,67-69H,3-27,30-40,42,44-48,50,52-54H2,1-2H3,(H,63,66)/b29-28-,43-41+,51-49+. The molecule has 6 N–H and O–H groups in total. The van der Waals surface area contributed by atoms with E-state index < -0.39 is 49.5 Å². The van der Waals surface area contributed by atoms with E-state index in [2.05, 4.69) is 43.5 Å². The number of carbonyl (C=O) groups excluding carboxylic acids is 1. The second-order valence-electron chi connectivity index (χ2n) is 21.5. The number of allylic oxidation sites excluding steroid dienone is 5. The molecular formula is C62H117NO8. The van der Waals surface area contributed by atoms with Crippen molar-refractivity contribution < 1.29 is 39.8 Å². The molecule has 0 aromatic carbocycles. The minimum Gasteiger partial charge on any atom is -0.394 e. The predicted molar refractivity (Wildman–Crippen MR) is 300 cm³/mol. The number of hydrogen-bond donors (Lipinski definition) is 6. The number of carbonyl (C=O) groups is 1. The number of aliphatic hydroxyl groups is 5. The van der Waals surface area contributed by atoms with Crippen LogP contribution < -0.4 is 5.32 Å². The summed E-state index contributed by atoms with van der Waals surface area (Å²) in [5.74, 6) is -0.184. The number of hydrogen-bond acceptors (Lipinski definition) is 8. The van der Waals surface area contributed by atoms with Gasteiger partial charge in [-0.2, -0.15) is 0 Å². The molecule has 1 rings (SSSR count). The van der Waals surface area contributed by atoms with Crippen LogP contribution in [0.1, 0.15) is 296 Å². The van der Waals surface area contributed by atoms with Crippen molar-refractivity contribution in [1.29, 1.82) is 0 Å². The summed E-state index contributed by atoms with van der Waals surface area (Å²) in [6, 6.07) is -0.823. The molecule has 1 amide bonds. The normalized spacial score (nSPS) is 19.5. The monoisotopic (exact) mass is 1000 g/mol. The molecule has 0 radical (unpaired) electrons. The summed E-state index contributed by atoms with van der Waals surface area (Å²) in [5.41, 5.74) is 0. The van der Waals surface area contributed by atoms with Gasteiger partial charge in [-0.15, -0.1) is 0 Å². The second kappa shape index (κ2) is 51.9. The molecule has 1 aliphatic rings. The van der Waals surface area contributed by atoms with E-state index in [4.69, 9.17) is 9.47 Å². The SMILES string of the molecule is CCCCCCCCCCCCCC/C=C\CCCCCCCCCCCCC(=O)NC(COC1OC(CO)C(O)C(O)C1O)C(O)/C=C/CC/C=C/CCCCCCCCCCCCCCCCCC. The van der Waals surface area contributed by atoms with Gasteiger partial charge in [0.1, 0.15) is 24.4 Å². The van der Waals surface area contributed by atoms with Crippen molar-refractivity contribution in [2.75, 3.05) is 13.2 Å². The summed E-state index contributed by atoms with van der Waals surface area (Å²) in [5, 5.41) is 54.6. The Labute approximate surface area is 438 Å². The summed E-state index contributed by atoms with van der Waals surface area (Å²) in [6.07, 6.45) is 60.8. The van der Waals surface area contributed by atoms with E-state index in [0.29, 0.717) is 6.42 Å². The Hall–Kier alpha value is -1.59. The molecule has 0 spiro atoms. The summed E-state index contributed by atoms with van der Waals surface area (Å²) in [4.78, 5) is 13.1. The van der Waals surface area contributed by atoms with Crippen molar-refractivity contribution in [1.82, 2.24) is 5.32 Å². The molecule has 0 bridgehead atoms. The fourth-order valence-electron chi connectivity index (χ4n) is 9.82. The van der Waals surface area contributed by atoms with Crippen molar-refractivity contribution in [3.63, 3.8) is 0 Å². The van der Waals surface area contributed by atoms with Gasteiger partial charge in [0.25, 0.3) is 0 Å². The van der Waals surface area contributed by atoms with Crippen LogP contribution in [-0.2, 0) is 14.3 Å². The Bertz CT molecular complexity index is 1210. The van der Waals surface area contributed by atoms with Crippen LogP contribution in [0.15, 0.2) is 36.5 Å². The third-order valence-corrected chi connectivity index (χ3v) is 14.7. The first kappa shape index (κ1) is 67.4. The van der Waals surface area contributed by atoms with Gasteiger partial charge in [0, 0.05) is 6.42 Å². The largest absolute Gasteiger partial charge is 0.394 e. The number of nitrogens with one attached hydrogen (secondary N) is 1. The Morgan fingerprint density at radius 2 is 0.803 bits per heavy atom. The first-order chi connectivity index (χ1) is 34.8. The third kappa shape index (κ3) is 41.4. The van der Waals surface area contributed by atoms with Gasteiger partial charge in [-0.05, 0) is 57.8 Å². The maximum atomic E-state index is 13.1. The molecule has 0 saturated carbocycles. The van der Waals surface area contributed by atoms with Gasteiger partial charge in [-0.3, -0.25) is 4.79 Å². The van der Waals surface area contributed by atoms with E-state index in [9.17, 15) is 30.3 Å². The Morgan fingerprint density at radius 1 is 0.465 bits per heavy atom. The minimum absolute atomic E-state index is 0.184. The van der Waals surface area contributed by atoms with Crippen molar-refractivity contribution in [2.24, 2.45) is 0 Å². The molecule has 1 heterocycles. The van der Waals surface area contributed by atoms with Gasteiger partial charge in [0.2, 0.25) is 5.91 Å². The number of aliphatic hydroxyl groups excluding tert-OH is 5. The van der Waals surface area contributed by atoms with Gasteiger partial charge in [-0.1, -0.05) is 269 Å². The topological polar surface area (TPSA) is 149 Å². The zero-order valence-electron chi connectivity index (χ0n) is 46.5. The van der Waals surface area contributed by atoms with Gasteiger partial charge in [-0.25, -0.2) is 0 Å². The first-order valence-electron chi connectivity index (χ1n) is 30.7. The van der Waals surface area contributed by atoms with E-state index in [1.165, 1.54) is 238 Å². The molecule has 0 aromatic rings. The lowest BCUT2D eigenvalue weighted by Crippen LogP contribution is -2.60. The first-order valence-corrected chi connectivity index (χ1v) is 30.7. The molecule has 7 unspecified atom stereocenters. The minimum atomic E-state index is -1.57. The molecule has 9 heteroatoms. The smallest absolute Gasteiger partial charge is 0.220 e. The summed E-state index contributed by atoms with van der Waals surface area (Å²) in [6.45, 7) is 3.80. The van der Waals surface area contributed by atoms with Gasteiger partial charge >= 0.3 is 0 Å². The summed E-state index contributed by atoms with van der Waals surface area (Å²) < 4.78 is 11.3. The lowest BCUT2D eigenvalue weighted by Gasteiger charge is -2.40. The maximum Gasteiger partial charge on any atom is 0.220 e. The molecule has 0 aliphatic carbocycles. The molecule has 9 nitrogen and oxygen atoms in total. The summed E-state index contributed by atoms with van der Waals surface area (Å²) in [7, 11) is 0. The van der Waals surface area contributed by atoms with E-state index in [0.717, 1.165) is 38.5 Å². The Morgan fingerprint density at radius 3 is 1.18 bits per heavy atom. The highest BCUT2D eigenvalue weighted by atomic mass is 16.7. The van der Waals surface area contributed by atoms with E-state index >= 15 is 0 Å². The molecule has 0 aromatic heterocycles. The van der Waals surface area contributed by atoms with Crippen molar-refractivity contribution in [2.45, 2.75) is 339 Å². The van der Waals surface area contributed by atoms with Crippen molar-refractivity contribution in [3.8, 4) is 0 Å². The van der Waals surface area contributed by atoms with E-state index in [1.54, 1.807) is 6.08 Å². The van der Waals surface area contributed by atoms with E-state index in [1.807, 2.05) is 6.08 Å². The molecule has 1 fully saturated rings. The van der Waals surface area contributed by atoms with E-state index in [-0.39, 0.29) is 12.5 Å². The lowest BCUT2D eigenvalue weighted by molar-refractivity contribution is -0.302. The number of amides is 1. The predicted octanol–water partition coefficient (Wildman–Crippen LogP) is 15.5.